The molecule has 0 atom stereocenters. The van der Waals surface area contributed by atoms with Crippen molar-refractivity contribution >= 4 is 34.6 Å². The normalized spacial score (nSPS) is 10.2. The van der Waals surface area contributed by atoms with E-state index >= 15 is 0 Å². The summed E-state index contributed by atoms with van der Waals surface area (Å²) in [5, 5.41) is 3.62. The Morgan fingerprint density at radius 3 is 2.90 bits per heavy atom. The molecule has 0 bridgehead atoms. The zero-order valence-corrected chi connectivity index (χ0v) is 12.0. The number of nitrogens with zero attached hydrogens (tertiary/aromatic N) is 1. The summed E-state index contributed by atoms with van der Waals surface area (Å²) in [7, 11) is 1.21. The molecule has 1 aromatic heterocycles. The third-order valence-corrected chi connectivity index (χ3v) is 3.08. The number of methoxy groups -OCH3 is 1. The molecule has 0 saturated heterocycles. The van der Waals surface area contributed by atoms with E-state index in [1.165, 1.54) is 7.11 Å². The average Bonchev–Trinajstić information content (AvgIpc) is 2.52. The highest BCUT2D eigenvalue weighted by Crippen LogP contribution is 2.25. The van der Waals surface area contributed by atoms with E-state index < -0.39 is 12.1 Å². The van der Waals surface area contributed by atoms with Gasteiger partial charge >= 0.3 is 12.1 Å². The molecular weight excluding hydrogens is 296 g/mol. The van der Waals surface area contributed by atoms with Crippen LogP contribution in [0.4, 0.5) is 4.79 Å². The monoisotopic (exact) mass is 308 g/mol. The minimum atomic E-state index is -0.689. The lowest BCUT2D eigenvalue weighted by Crippen LogP contribution is -2.30. The highest BCUT2D eigenvalue weighted by atomic mass is 35.5. The van der Waals surface area contributed by atoms with Crippen molar-refractivity contribution in [3.8, 4) is 0 Å². The number of halogens is 1. The summed E-state index contributed by atoms with van der Waals surface area (Å²) in [5.74, 6) is -0.570. The molecule has 1 aromatic carbocycles. The van der Waals surface area contributed by atoms with Crippen molar-refractivity contribution < 1.29 is 19.1 Å². The Labute approximate surface area is 126 Å². The van der Waals surface area contributed by atoms with Crippen LogP contribution in [0.2, 0.25) is 5.02 Å². The SMILES string of the molecule is COC(=O)NCC(=O)OCc1ccc(Cl)c2cccnc12. The number of carbonyl (C=O) groups excluding carboxylic acids is 2. The molecule has 1 N–H and O–H groups in total. The van der Waals surface area contributed by atoms with Crippen LogP contribution in [0.25, 0.3) is 10.9 Å². The molecule has 0 unspecified atom stereocenters. The number of ether oxygens (including phenoxy) is 2. The summed E-state index contributed by atoms with van der Waals surface area (Å²) in [6.45, 7) is -0.210. The first-order valence-electron chi connectivity index (χ1n) is 6.11. The quantitative estimate of drug-likeness (QED) is 0.877. The molecule has 21 heavy (non-hydrogen) atoms. The number of hydrogen-bond donors (Lipinski definition) is 1. The Hall–Kier alpha value is -2.34. The minimum absolute atomic E-state index is 0.0480. The Morgan fingerprint density at radius 2 is 2.14 bits per heavy atom. The Morgan fingerprint density at radius 1 is 1.33 bits per heavy atom. The Kier molecular flexibility index (Phi) is 4.94. The van der Waals surface area contributed by atoms with Crippen molar-refractivity contribution in [1.82, 2.24) is 10.3 Å². The first-order chi connectivity index (χ1) is 10.1. The van der Waals surface area contributed by atoms with Crippen molar-refractivity contribution in [2.45, 2.75) is 6.61 Å². The molecule has 2 aromatic rings. The smallest absolute Gasteiger partial charge is 0.407 e. The van der Waals surface area contributed by atoms with Crippen LogP contribution in [0.1, 0.15) is 5.56 Å². The lowest BCUT2D eigenvalue weighted by Gasteiger charge is -2.08. The van der Waals surface area contributed by atoms with E-state index in [4.69, 9.17) is 16.3 Å². The summed E-state index contributed by atoms with van der Waals surface area (Å²) in [6, 6.07) is 7.10. The van der Waals surface area contributed by atoms with Gasteiger partial charge in [0.25, 0.3) is 0 Å². The van der Waals surface area contributed by atoms with Crippen molar-refractivity contribution in [3.63, 3.8) is 0 Å². The van der Waals surface area contributed by atoms with Gasteiger partial charge in [0.15, 0.2) is 0 Å². The van der Waals surface area contributed by atoms with Crippen molar-refractivity contribution in [2.75, 3.05) is 13.7 Å². The van der Waals surface area contributed by atoms with Crippen LogP contribution in [0.3, 0.4) is 0 Å². The summed E-state index contributed by atoms with van der Waals surface area (Å²) in [6.07, 6.45) is 0.952. The van der Waals surface area contributed by atoms with Crippen LogP contribution in [-0.4, -0.2) is 30.7 Å². The van der Waals surface area contributed by atoms with Gasteiger partial charge in [-0.25, -0.2) is 4.79 Å². The van der Waals surface area contributed by atoms with E-state index in [9.17, 15) is 9.59 Å². The van der Waals surface area contributed by atoms with Crippen LogP contribution < -0.4 is 5.32 Å². The lowest BCUT2D eigenvalue weighted by atomic mass is 10.1. The number of pyridine rings is 1. The molecular formula is C14H13ClN2O4. The molecule has 7 heteroatoms. The predicted octanol–water partition coefficient (Wildman–Crippen LogP) is 2.29. The third-order valence-electron chi connectivity index (χ3n) is 2.75. The number of benzene rings is 1. The zero-order chi connectivity index (χ0) is 15.2. The highest BCUT2D eigenvalue weighted by Gasteiger charge is 2.10. The summed E-state index contributed by atoms with van der Waals surface area (Å²) < 4.78 is 9.43. The second-order valence-corrected chi connectivity index (χ2v) is 4.52. The Bertz CT molecular complexity index is 675. The zero-order valence-electron chi connectivity index (χ0n) is 11.3. The fourth-order valence-electron chi connectivity index (χ4n) is 1.74. The van der Waals surface area contributed by atoms with Crippen molar-refractivity contribution in [2.24, 2.45) is 0 Å². The number of nitrogens with one attached hydrogen (secondary N) is 1. The van der Waals surface area contributed by atoms with Crippen LogP contribution in [0, 0.1) is 0 Å². The number of amides is 1. The van der Waals surface area contributed by atoms with E-state index in [0.717, 1.165) is 10.9 Å². The number of fused-ring (bicyclic) bond motifs is 1. The number of aromatic nitrogens is 1. The van der Waals surface area contributed by atoms with Gasteiger partial charge in [-0.15, -0.1) is 0 Å². The number of rotatable bonds is 4. The fourth-order valence-corrected chi connectivity index (χ4v) is 1.95. The minimum Gasteiger partial charge on any atom is -0.459 e. The standard InChI is InChI=1S/C14H13ClN2O4/c1-20-14(19)17-7-12(18)21-8-9-4-5-11(15)10-3-2-6-16-13(9)10/h2-6H,7-8H2,1H3,(H,17,19). The molecule has 0 saturated carbocycles. The van der Waals surface area contributed by atoms with Gasteiger partial charge in [-0.1, -0.05) is 17.7 Å². The van der Waals surface area contributed by atoms with Gasteiger partial charge in [-0.3, -0.25) is 9.78 Å². The fraction of sp³-hybridized carbons (Fsp3) is 0.214. The largest absolute Gasteiger partial charge is 0.459 e. The van der Waals surface area contributed by atoms with Gasteiger partial charge in [-0.2, -0.15) is 0 Å². The lowest BCUT2D eigenvalue weighted by molar-refractivity contribution is -0.143. The second-order valence-electron chi connectivity index (χ2n) is 4.11. The number of carbonyl (C=O) groups is 2. The summed E-state index contributed by atoms with van der Waals surface area (Å²) in [4.78, 5) is 26.6. The van der Waals surface area contributed by atoms with Gasteiger partial charge < -0.3 is 14.8 Å². The maximum absolute atomic E-state index is 11.5. The molecule has 0 fully saturated rings. The van der Waals surface area contributed by atoms with Gasteiger partial charge in [-0.05, 0) is 18.2 Å². The molecule has 0 aliphatic heterocycles. The highest BCUT2D eigenvalue weighted by molar-refractivity contribution is 6.35. The van der Waals surface area contributed by atoms with Crippen molar-refractivity contribution in [3.05, 3.63) is 41.0 Å². The average molecular weight is 309 g/mol. The Balaban J connectivity index is 2.02. The topological polar surface area (TPSA) is 77.5 Å². The van der Waals surface area contributed by atoms with E-state index in [-0.39, 0.29) is 13.2 Å². The van der Waals surface area contributed by atoms with E-state index in [1.54, 1.807) is 24.4 Å². The molecule has 2 rings (SSSR count). The molecule has 0 spiro atoms. The van der Waals surface area contributed by atoms with Crippen molar-refractivity contribution in [1.29, 1.82) is 0 Å². The van der Waals surface area contributed by atoms with E-state index in [0.29, 0.717) is 10.5 Å². The number of hydrogen-bond acceptors (Lipinski definition) is 5. The van der Waals surface area contributed by atoms with Gasteiger partial charge in [0.1, 0.15) is 13.2 Å². The molecule has 0 aliphatic carbocycles. The molecule has 0 radical (unpaired) electrons. The predicted molar refractivity (Wildman–Crippen MR) is 77.0 cm³/mol. The van der Waals surface area contributed by atoms with Crippen LogP contribution in [-0.2, 0) is 20.9 Å². The maximum Gasteiger partial charge on any atom is 0.407 e. The van der Waals surface area contributed by atoms with Crippen LogP contribution in [0.5, 0.6) is 0 Å². The summed E-state index contributed by atoms with van der Waals surface area (Å²) >= 11 is 6.08. The van der Waals surface area contributed by atoms with E-state index in [1.807, 2.05) is 6.07 Å². The molecule has 0 aliphatic rings. The van der Waals surface area contributed by atoms with Gasteiger partial charge in [0, 0.05) is 22.2 Å². The first kappa shape index (κ1) is 15.1. The van der Waals surface area contributed by atoms with Crippen LogP contribution >= 0.6 is 11.6 Å². The molecule has 1 amide bonds. The molecule has 110 valence electrons. The van der Waals surface area contributed by atoms with E-state index in [2.05, 4.69) is 15.0 Å². The van der Waals surface area contributed by atoms with Gasteiger partial charge in [0.05, 0.1) is 12.6 Å². The summed E-state index contributed by atoms with van der Waals surface area (Å²) in [5.41, 5.74) is 1.42. The van der Waals surface area contributed by atoms with Crippen LogP contribution in [0.15, 0.2) is 30.5 Å². The second kappa shape index (κ2) is 6.90. The maximum atomic E-state index is 11.5. The van der Waals surface area contributed by atoms with Gasteiger partial charge in [0.2, 0.25) is 0 Å². The first-order valence-corrected chi connectivity index (χ1v) is 6.49. The molecule has 6 nitrogen and oxygen atoms in total. The molecule has 1 heterocycles. The third kappa shape index (κ3) is 3.82. The number of esters is 1. The number of alkyl carbamates (subject to hydrolysis) is 1.